The van der Waals surface area contributed by atoms with E-state index in [1.54, 1.807) is 6.92 Å². The summed E-state index contributed by atoms with van der Waals surface area (Å²) < 4.78 is 6.35. The Morgan fingerprint density at radius 3 is 2.60 bits per heavy atom. The average Bonchev–Trinajstić information content (AvgIpc) is 3.02. The summed E-state index contributed by atoms with van der Waals surface area (Å²) in [7, 11) is 1.86. The topological polar surface area (TPSA) is 49.8 Å². The molecule has 0 aliphatic carbocycles. The number of aliphatic carboxylic acids is 1. The van der Waals surface area contributed by atoms with Crippen LogP contribution in [0, 0.1) is 0 Å². The first-order valence-electron chi connectivity index (χ1n) is 8.75. The molecule has 1 aliphatic heterocycles. The van der Waals surface area contributed by atoms with Crippen LogP contribution in [-0.4, -0.2) is 35.6 Å². The van der Waals surface area contributed by atoms with Gasteiger partial charge in [-0.3, -0.25) is 9.69 Å². The lowest BCUT2D eigenvalue weighted by atomic mass is 9.82. The second-order valence-electron chi connectivity index (χ2n) is 6.74. The van der Waals surface area contributed by atoms with Crippen LogP contribution >= 0.6 is 0 Å². The lowest BCUT2D eigenvalue weighted by Crippen LogP contribution is -2.37. The van der Waals surface area contributed by atoms with Crippen LogP contribution in [0.2, 0.25) is 0 Å². The molecule has 0 amide bonds. The number of ether oxygens (including phenoxy) is 1. The first-order valence-corrected chi connectivity index (χ1v) is 8.75. The number of nitrogens with zero attached hydrogens (tertiary/aromatic N) is 1. The van der Waals surface area contributed by atoms with Crippen molar-refractivity contribution in [1.29, 1.82) is 0 Å². The van der Waals surface area contributed by atoms with Crippen LogP contribution in [-0.2, 0) is 21.7 Å². The van der Waals surface area contributed by atoms with E-state index >= 15 is 0 Å². The van der Waals surface area contributed by atoms with Gasteiger partial charge in [-0.15, -0.1) is 0 Å². The number of carboxylic acid groups (broad SMARTS) is 1. The van der Waals surface area contributed by atoms with Gasteiger partial charge in [0.25, 0.3) is 0 Å². The second-order valence-corrected chi connectivity index (χ2v) is 6.74. The number of carboxylic acids is 1. The van der Waals surface area contributed by atoms with E-state index in [4.69, 9.17) is 9.84 Å². The number of rotatable bonds is 7. The third-order valence-electron chi connectivity index (χ3n) is 5.22. The van der Waals surface area contributed by atoms with Crippen LogP contribution in [0.5, 0.6) is 0 Å². The normalized spacial score (nSPS) is 20.4. The van der Waals surface area contributed by atoms with Crippen molar-refractivity contribution in [3.8, 4) is 0 Å². The van der Waals surface area contributed by atoms with Gasteiger partial charge in [-0.05, 0) is 50.0 Å². The van der Waals surface area contributed by atoms with Gasteiger partial charge < -0.3 is 9.84 Å². The molecule has 0 fully saturated rings. The molecule has 1 aliphatic rings. The zero-order valence-electron chi connectivity index (χ0n) is 14.8. The Morgan fingerprint density at radius 1 is 1.20 bits per heavy atom. The van der Waals surface area contributed by atoms with Gasteiger partial charge in [-0.25, -0.2) is 0 Å². The highest BCUT2D eigenvalue weighted by Gasteiger charge is 2.41. The summed E-state index contributed by atoms with van der Waals surface area (Å²) in [6.07, 6.45) is 1.68. The summed E-state index contributed by atoms with van der Waals surface area (Å²) in [6, 6.07) is 18.2. The molecule has 0 spiro atoms. The van der Waals surface area contributed by atoms with E-state index in [2.05, 4.69) is 30.3 Å². The molecule has 1 N–H and O–H groups in total. The van der Waals surface area contributed by atoms with Gasteiger partial charge in [-0.1, -0.05) is 54.6 Å². The fraction of sp³-hybridized carbons (Fsp3) is 0.381. The molecule has 0 saturated heterocycles. The molecule has 25 heavy (non-hydrogen) atoms. The molecule has 2 aromatic rings. The Kier molecular flexibility index (Phi) is 5.21. The Bertz CT molecular complexity index is 731. The molecule has 132 valence electrons. The Balaban J connectivity index is 1.82. The van der Waals surface area contributed by atoms with Gasteiger partial charge in [0.15, 0.2) is 0 Å². The summed E-state index contributed by atoms with van der Waals surface area (Å²) in [5.41, 5.74) is 3.19. The molecule has 0 bridgehead atoms. The van der Waals surface area contributed by atoms with Gasteiger partial charge >= 0.3 is 5.97 Å². The van der Waals surface area contributed by atoms with Crippen molar-refractivity contribution < 1.29 is 14.6 Å². The van der Waals surface area contributed by atoms with E-state index in [0.29, 0.717) is 13.2 Å². The molecule has 0 aromatic heterocycles. The quantitative estimate of drug-likeness (QED) is 0.837. The van der Waals surface area contributed by atoms with E-state index in [9.17, 15) is 4.79 Å². The minimum atomic E-state index is -0.789. The van der Waals surface area contributed by atoms with E-state index in [-0.39, 0.29) is 0 Å². The fourth-order valence-corrected chi connectivity index (χ4v) is 3.58. The molecule has 2 aromatic carbocycles. The van der Waals surface area contributed by atoms with Crippen molar-refractivity contribution >= 4 is 5.97 Å². The predicted octanol–water partition coefficient (Wildman–Crippen LogP) is 3.65. The molecule has 2 atom stereocenters. The average molecular weight is 339 g/mol. The molecule has 0 saturated carbocycles. The highest BCUT2D eigenvalue weighted by Crippen LogP contribution is 2.45. The van der Waals surface area contributed by atoms with E-state index in [0.717, 1.165) is 18.4 Å². The first-order chi connectivity index (χ1) is 12.0. The molecule has 0 radical (unpaired) electrons. The lowest BCUT2D eigenvalue weighted by molar-refractivity contribution is -0.142. The van der Waals surface area contributed by atoms with Gasteiger partial charge in [0.1, 0.15) is 11.6 Å². The first kappa shape index (κ1) is 17.6. The molecule has 3 rings (SSSR count). The summed E-state index contributed by atoms with van der Waals surface area (Å²) in [5.74, 6) is -0.789. The molecular weight excluding hydrogens is 314 g/mol. The maximum absolute atomic E-state index is 11.1. The zero-order valence-corrected chi connectivity index (χ0v) is 14.8. The van der Waals surface area contributed by atoms with E-state index < -0.39 is 17.6 Å². The fourth-order valence-electron chi connectivity index (χ4n) is 3.58. The molecule has 4 heteroatoms. The third kappa shape index (κ3) is 3.46. The van der Waals surface area contributed by atoms with Crippen molar-refractivity contribution in [1.82, 2.24) is 4.90 Å². The van der Waals surface area contributed by atoms with Crippen molar-refractivity contribution in [2.24, 2.45) is 0 Å². The van der Waals surface area contributed by atoms with Crippen LogP contribution in [0.1, 0.15) is 36.5 Å². The van der Waals surface area contributed by atoms with E-state index in [1.165, 1.54) is 11.1 Å². The Morgan fingerprint density at radius 2 is 1.88 bits per heavy atom. The third-order valence-corrected chi connectivity index (χ3v) is 5.22. The second kappa shape index (κ2) is 7.38. The number of benzene rings is 2. The van der Waals surface area contributed by atoms with Crippen molar-refractivity contribution in [3.05, 3.63) is 71.3 Å². The standard InChI is InChI=1S/C21H25NO3/c1-16(20(23)24)22(2)14-8-13-21(18-10-4-3-5-11-18)19-12-7-6-9-17(19)15-25-21/h3-7,9-12,16H,8,13-15H2,1-2H3,(H,23,24)/t16-,21?/m0/s1. The summed E-state index contributed by atoms with van der Waals surface area (Å²) in [4.78, 5) is 13.0. The highest BCUT2D eigenvalue weighted by molar-refractivity contribution is 5.72. The summed E-state index contributed by atoms with van der Waals surface area (Å²) in [6.45, 7) is 3.05. The maximum Gasteiger partial charge on any atom is 0.320 e. The number of hydrogen-bond acceptors (Lipinski definition) is 3. The largest absolute Gasteiger partial charge is 0.480 e. The molecular formula is C21H25NO3. The van der Waals surface area contributed by atoms with Crippen LogP contribution in [0.3, 0.4) is 0 Å². The smallest absolute Gasteiger partial charge is 0.320 e. The van der Waals surface area contributed by atoms with Crippen LogP contribution < -0.4 is 0 Å². The summed E-state index contributed by atoms with van der Waals surface area (Å²) in [5, 5.41) is 9.16. The molecule has 1 heterocycles. The maximum atomic E-state index is 11.1. The minimum absolute atomic E-state index is 0.439. The molecule has 4 nitrogen and oxygen atoms in total. The van der Waals surface area contributed by atoms with Crippen LogP contribution in [0.25, 0.3) is 0 Å². The number of fused-ring (bicyclic) bond motifs is 1. The van der Waals surface area contributed by atoms with Gasteiger partial charge in [0.2, 0.25) is 0 Å². The van der Waals surface area contributed by atoms with Gasteiger partial charge in [0, 0.05) is 0 Å². The zero-order chi connectivity index (χ0) is 17.9. The van der Waals surface area contributed by atoms with Crippen LogP contribution in [0.15, 0.2) is 54.6 Å². The van der Waals surface area contributed by atoms with Gasteiger partial charge in [-0.2, -0.15) is 0 Å². The summed E-state index contributed by atoms with van der Waals surface area (Å²) >= 11 is 0. The van der Waals surface area contributed by atoms with Crippen molar-refractivity contribution in [2.45, 2.75) is 38.0 Å². The lowest BCUT2D eigenvalue weighted by Gasteiger charge is -2.31. The number of carbonyl (C=O) groups is 1. The predicted molar refractivity (Wildman–Crippen MR) is 97.4 cm³/mol. The van der Waals surface area contributed by atoms with E-state index in [1.807, 2.05) is 36.2 Å². The van der Waals surface area contributed by atoms with Gasteiger partial charge in [0.05, 0.1) is 6.61 Å². The van der Waals surface area contributed by atoms with Crippen LogP contribution in [0.4, 0.5) is 0 Å². The monoisotopic (exact) mass is 339 g/mol. The minimum Gasteiger partial charge on any atom is -0.480 e. The van der Waals surface area contributed by atoms with Crippen molar-refractivity contribution in [3.63, 3.8) is 0 Å². The Labute approximate surface area is 149 Å². The highest BCUT2D eigenvalue weighted by atomic mass is 16.5. The number of likely N-dealkylation sites (N-methyl/N-ethyl adjacent to an activating group) is 1. The van der Waals surface area contributed by atoms with Crippen molar-refractivity contribution in [2.75, 3.05) is 13.6 Å². The number of hydrogen-bond donors (Lipinski definition) is 1. The SMILES string of the molecule is C[C@@H](C(=O)O)N(C)CCCC1(c2ccccc2)OCc2ccccc21. The Hall–Kier alpha value is -2.17. The molecule has 1 unspecified atom stereocenters.